The summed E-state index contributed by atoms with van der Waals surface area (Å²) in [6, 6.07) is 8.55. The van der Waals surface area contributed by atoms with Gasteiger partial charge in [-0.25, -0.2) is 13.8 Å². The van der Waals surface area contributed by atoms with Crippen LogP contribution in [0.25, 0.3) is 11.0 Å². The maximum Gasteiger partial charge on any atom is 0.416 e. The van der Waals surface area contributed by atoms with E-state index < -0.39 is 23.7 Å². The largest absolute Gasteiger partial charge is 0.416 e. The van der Waals surface area contributed by atoms with Crippen molar-refractivity contribution in [3.05, 3.63) is 53.7 Å². The Labute approximate surface area is 180 Å². The zero-order valence-electron chi connectivity index (χ0n) is 17.0. The summed E-state index contributed by atoms with van der Waals surface area (Å²) in [5, 5.41) is 0.618. The van der Waals surface area contributed by atoms with Crippen LogP contribution in [0.1, 0.15) is 36.4 Å². The summed E-state index contributed by atoms with van der Waals surface area (Å²) in [4.78, 5) is 16.9. The molecule has 4 heterocycles. The lowest BCUT2D eigenvalue weighted by molar-refractivity contribution is -0.138. The summed E-state index contributed by atoms with van der Waals surface area (Å²) in [6.07, 6.45) is -2.93. The van der Waals surface area contributed by atoms with E-state index in [1.165, 1.54) is 12.1 Å². The van der Waals surface area contributed by atoms with E-state index in [9.17, 15) is 22.0 Å². The third-order valence-corrected chi connectivity index (χ3v) is 6.13. The first-order chi connectivity index (χ1) is 15.2. The number of pyridine rings is 1. The Morgan fingerprint density at radius 3 is 2.38 bits per heavy atom. The Bertz CT molecular complexity index is 1140. The number of alkyl halides is 5. The maximum atomic E-state index is 13.6. The Morgan fingerprint density at radius 1 is 0.938 bits per heavy atom. The van der Waals surface area contributed by atoms with Crippen LogP contribution in [0, 0.1) is 0 Å². The number of benzene rings is 1. The van der Waals surface area contributed by atoms with Crippen molar-refractivity contribution < 1.29 is 22.0 Å². The molecule has 32 heavy (non-hydrogen) atoms. The Kier molecular flexibility index (Phi) is 4.90. The molecule has 5 rings (SSSR count). The predicted molar refractivity (Wildman–Crippen MR) is 110 cm³/mol. The summed E-state index contributed by atoms with van der Waals surface area (Å²) in [6.45, 7) is 0.728. The molecule has 0 radical (unpaired) electrons. The average molecular weight is 449 g/mol. The number of fused-ring (bicyclic) bond motifs is 1. The van der Waals surface area contributed by atoms with Gasteiger partial charge in [0.25, 0.3) is 5.92 Å². The first-order valence-electron chi connectivity index (χ1n) is 10.4. The maximum absolute atomic E-state index is 13.6. The van der Waals surface area contributed by atoms with Crippen molar-refractivity contribution in [3.8, 4) is 0 Å². The number of hydrogen-bond donors (Lipinski definition) is 0. The second kappa shape index (κ2) is 7.53. The summed E-state index contributed by atoms with van der Waals surface area (Å²) in [7, 11) is 0. The molecule has 2 saturated heterocycles. The SMILES string of the molecule is FC1(F)CCN(c2nc(N3CCC3c3ccccc3C(F)(F)F)c3cccnc3n2)CC1. The topological polar surface area (TPSA) is 45.2 Å². The molecule has 5 nitrogen and oxygen atoms in total. The molecule has 168 valence electrons. The van der Waals surface area contributed by atoms with E-state index in [-0.39, 0.29) is 37.4 Å². The highest BCUT2D eigenvalue weighted by atomic mass is 19.4. The van der Waals surface area contributed by atoms with Crippen LogP contribution in [0.2, 0.25) is 0 Å². The summed E-state index contributed by atoms with van der Waals surface area (Å²) < 4.78 is 68.0. The molecule has 1 aromatic carbocycles. The standard InChI is InChI=1S/C22H20F5N5/c23-21(24)8-12-31(13-9-21)20-29-18-15(5-3-10-28-18)19(30-20)32-11-7-17(32)14-4-1-2-6-16(14)22(25,26)27/h1-6,10,17H,7-9,11-13H2. The van der Waals surface area contributed by atoms with Gasteiger partial charge in [0.2, 0.25) is 5.95 Å². The van der Waals surface area contributed by atoms with Crippen LogP contribution in [0.5, 0.6) is 0 Å². The zero-order chi connectivity index (χ0) is 22.5. The van der Waals surface area contributed by atoms with Gasteiger partial charge in [-0.2, -0.15) is 23.1 Å². The first kappa shape index (κ1) is 20.8. The number of aromatic nitrogens is 3. The van der Waals surface area contributed by atoms with E-state index in [2.05, 4.69) is 15.0 Å². The van der Waals surface area contributed by atoms with Crippen LogP contribution >= 0.6 is 0 Å². The molecule has 1 atom stereocenters. The number of nitrogens with zero attached hydrogens (tertiary/aromatic N) is 5. The molecule has 3 aromatic rings. The molecule has 10 heteroatoms. The number of anilines is 2. The molecule has 2 aliphatic rings. The van der Waals surface area contributed by atoms with Gasteiger partial charge in [0.05, 0.1) is 17.0 Å². The minimum Gasteiger partial charge on any atom is -0.349 e. The zero-order valence-corrected chi connectivity index (χ0v) is 17.0. The lowest BCUT2D eigenvalue weighted by atomic mass is 9.90. The van der Waals surface area contributed by atoms with Crippen molar-refractivity contribution in [3.63, 3.8) is 0 Å². The van der Waals surface area contributed by atoms with Crippen LogP contribution in [0.4, 0.5) is 33.7 Å². The third-order valence-electron chi connectivity index (χ3n) is 6.13. The first-order valence-corrected chi connectivity index (χ1v) is 10.4. The molecule has 0 spiro atoms. The molecule has 0 aliphatic carbocycles. The van der Waals surface area contributed by atoms with E-state index in [0.717, 1.165) is 6.07 Å². The molecular weight excluding hydrogens is 429 g/mol. The quantitative estimate of drug-likeness (QED) is 0.513. The average Bonchev–Trinajstić information content (AvgIpc) is 2.72. The Balaban J connectivity index is 1.55. The molecule has 0 bridgehead atoms. The van der Waals surface area contributed by atoms with Gasteiger partial charge in [-0.05, 0) is 30.2 Å². The Hall–Kier alpha value is -3.04. The number of hydrogen-bond acceptors (Lipinski definition) is 5. The van der Waals surface area contributed by atoms with E-state index in [1.54, 1.807) is 29.3 Å². The lowest BCUT2D eigenvalue weighted by Gasteiger charge is -2.43. The van der Waals surface area contributed by atoms with Crippen molar-refractivity contribution in [2.24, 2.45) is 0 Å². The van der Waals surface area contributed by atoms with E-state index in [4.69, 9.17) is 0 Å². The van der Waals surface area contributed by atoms with Crippen LogP contribution in [0.15, 0.2) is 42.6 Å². The fraction of sp³-hybridized carbons (Fsp3) is 0.409. The van der Waals surface area contributed by atoms with E-state index in [0.29, 0.717) is 29.8 Å². The van der Waals surface area contributed by atoms with Gasteiger partial charge in [-0.1, -0.05) is 18.2 Å². The van der Waals surface area contributed by atoms with Crippen molar-refractivity contribution in [1.82, 2.24) is 15.0 Å². The van der Waals surface area contributed by atoms with Gasteiger partial charge in [0.1, 0.15) is 5.82 Å². The van der Waals surface area contributed by atoms with Crippen molar-refractivity contribution in [2.45, 2.75) is 37.4 Å². The van der Waals surface area contributed by atoms with E-state index in [1.807, 2.05) is 4.90 Å². The van der Waals surface area contributed by atoms with Crippen LogP contribution in [-0.4, -0.2) is 40.5 Å². The second-order valence-electron chi connectivity index (χ2n) is 8.15. The van der Waals surface area contributed by atoms with Crippen LogP contribution in [0.3, 0.4) is 0 Å². The molecule has 1 unspecified atom stereocenters. The van der Waals surface area contributed by atoms with Gasteiger partial charge >= 0.3 is 6.18 Å². The normalized spacial score (nSPS) is 21.0. The smallest absolute Gasteiger partial charge is 0.349 e. The van der Waals surface area contributed by atoms with Crippen molar-refractivity contribution >= 4 is 22.8 Å². The molecule has 0 N–H and O–H groups in total. The van der Waals surface area contributed by atoms with Gasteiger partial charge in [0, 0.05) is 38.7 Å². The number of rotatable bonds is 3. The minimum atomic E-state index is -4.46. The molecule has 2 fully saturated rings. The van der Waals surface area contributed by atoms with Gasteiger partial charge < -0.3 is 9.80 Å². The van der Waals surface area contributed by atoms with Crippen LogP contribution in [-0.2, 0) is 6.18 Å². The third kappa shape index (κ3) is 3.71. The van der Waals surface area contributed by atoms with Crippen molar-refractivity contribution in [2.75, 3.05) is 29.4 Å². The predicted octanol–water partition coefficient (Wildman–Crippen LogP) is 5.23. The van der Waals surface area contributed by atoms with Gasteiger partial charge in [0.15, 0.2) is 5.65 Å². The molecule has 2 aliphatic heterocycles. The van der Waals surface area contributed by atoms with Gasteiger partial charge in [-0.15, -0.1) is 0 Å². The summed E-state index contributed by atoms with van der Waals surface area (Å²) >= 11 is 0. The monoisotopic (exact) mass is 449 g/mol. The van der Waals surface area contributed by atoms with Crippen molar-refractivity contribution in [1.29, 1.82) is 0 Å². The van der Waals surface area contributed by atoms with Crippen LogP contribution < -0.4 is 9.80 Å². The second-order valence-corrected chi connectivity index (χ2v) is 8.15. The molecular formula is C22H20F5N5. The fourth-order valence-corrected chi connectivity index (χ4v) is 4.34. The Morgan fingerprint density at radius 2 is 1.69 bits per heavy atom. The molecule has 0 saturated carbocycles. The summed E-state index contributed by atoms with van der Waals surface area (Å²) in [5.74, 6) is -1.96. The fourth-order valence-electron chi connectivity index (χ4n) is 4.34. The van der Waals surface area contributed by atoms with E-state index >= 15 is 0 Å². The number of halogens is 5. The highest BCUT2D eigenvalue weighted by Gasteiger charge is 2.41. The highest BCUT2D eigenvalue weighted by Crippen LogP contribution is 2.44. The molecule has 0 amide bonds. The lowest BCUT2D eigenvalue weighted by Crippen LogP contribution is -2.43. The molecule has 2 aromatic heterocycles. The minimum absolute atomic E-state index is 0.102. The summed E-state index contributed by atoms with van der Waals surface area (Å²) in [5.41, 5.74) is -0.0784. The van der Waals surface area contributed by atoms with Gasteiger partial charge in [-0.3, -0.25) is 0 Å². The highest BCUT2D eigenvalue weighted by molar-refractivity contribution is 5.88. The number of piperidine rings is 1.